The lowest BCUT2D eigenvalue weighted by Gasteiger charge is -2.40. The number of carbonyl (C=O) groups is 1. The van der Waals surface area contributed by atoms with Gasteiger partial charge in [-0.1, -0.05) is 30.3 Å². The van der Waals surface area contributed by atoms with Crippen LogP contribution in [0.4, 0.5) is 0 Å². The Labute approximate surface area is 151 Å². The predicted octanol–water partition coefficient (Wildman–Crippen LogP) is 2.05. The first kappa shape index (κ1) is 18.4. The molecule has 2 fully saturated rings. The van der Waals surface area contributed by atoms with E-state index in [0.29, 0.717) is 12.5 Å². The van der Waals surface area contributed by atoms with Crippen LogP contribution in [0, 0.1) is 0 Å². The third-order valence-electron chi connectivity index (χ3n) is 5.45. The number of nitrogens with zero attached hydrogens (tertiary/aromatic N) is 2. The molecule has 0 unspecified atom stereocenters. The van der Waals surface area contributed by atoms with Gasteiger partial charge in [-0.2, -0.15) is 0 Å². The first-order valence-electron chi connectivity index (χ1n) is 9.61. The van der Waals surface area contributed by atoms with E-state index in [1.54, 1.807) is 0 Å². The van der Waals surface area contributed by atoms with Crippen LogP contribution < -0.4 is 5.32 Å². The summed E-state index contributed by atoms with van der Waals surface area (Å²) in [6, 6.07) is 10.9. The van der Waals surface area contributed by atoms with E-state index in [1.807, 2.05) is 25.1 Å². The SMILES string of the molecule is C[C@@H](NC(=O)CCN1CCC(N2CCOCC2)CC1)c1ccccc1. The fourth-order valence-electron chi connectivity index (χ4n) is 3.85. The van der Waals surface area contributed by atoms with Crippen LogP contribution in [0.5, 0.6) is 0 Å². The van der Waals surface area contributed by atoms with Crippen LogP contribution in [0.25, 0.3) is 0 Å². The van der Waals surface area contributed by atoms with Crippen molar-refractivity contribution in [2.24, 2.45) is 0 Å². The van der Waals surface area contributed by atoms with Crippen LogP contribution in [-0.4, -0.2) is 67.7 Å². The molecule has 1 atom stereocenters. The highest BCUT2D eigenvalue weighted by molar-refractivity contribution is 5.76. The minimum Gasteiger partial charge on any atom is -0.379 e. The molecule has 2 aliphatic rings. The van der Waals surface area contributed by atoms with Gasteiger partial charge >= 0.3 is 0 Å². The average molecular weight is 345 g/mol. The van der Waals surface area contributed by atoms with Crippen molar-refractivity contribution in [3.05, 3.63) is 35.9 Å². The number of likely N-dealkylation sites (tertiary alicyclic amines) is 1. The lowest BCUT2D eigenvalue weighted by Crippen LogP contribution is -2.49. The second-order valence-electron chi connectivity index (χ2n) is 7.17. The van der Waals surface area contributed by atoms with Crippen LogP contribution >= 0.6 is 0 Å². The maximum atomic E-state index is 12.2. The van der Waals surface area contributed by atoms with E-state index in [0.717, 1.165) is 51.5 Å². The van der Waals surface area contributed by atoms with Crippen molar-refractivity contribution in [1.29, 1.82) is 0 Å². The first-order valence-corrected chi connectivity index (χ1v) is 9.61. The molecule has 0 bridgehead atoms. The molecule has 2 heterocycles. The second kappa shape index (κ2) is 9.32. The monoisotopic (exact) mass is 345 g/mol. The van der Waals surface area contributed by atoms with Gasteiger partial charge in [0.2, 0.25) is 5.91 Å². The Balaban J connectivity index is 1.34. The lowest BCUT2D eigenvalue weighted by molar-refractivity contribution is -0.122. The summed E-state index contributed by atoms with van der Waals surface area (Å²) in [6.45, 7) is 9.01. The number of piperidine rings is 1. The molecule has 0 aliphatic carbocycles. The molecule has 2 aliphatic heterocycles. The number of hydrogen-bond acceptors (Lipinski definition) is 4. The highest BCUT2D eigenvalue weighted by Gasteiger charge is 2.25. The molecule has 0 radical (unpaired) electrons. The number of ether oxygens (including phenoxy) is 1. The van der Waals surface area contributed by atoms with Crippen molar-refractivity contribution in [3.8, 4) is 0 Å². The Morgan fingerprint density at radius 3 is 2.52 bits per heavy atom. The lowest BCUT2D eigenvalue weighted by atomic mass is 10.0. The minimum atomic E-state index is 0.0701. The van der Waals surface area contributed by atoms with Gasteiger partial charge in [0.05, 0.1) is 19.3 Å². The minimum absolute atomic E-state index is 0.0701. The maximum absolute atomic E-state index is 12.2. The fraction of sp³-hybridized carbons (Fsp3) is 0.650. The zero-order chi connectivity index (χ0) is 17.5. The molecule has 5 nitrogen and oxygen atoms in total. The summed E-state index contributed by atoms with van der Waals surface area (Å²) >= 11 is 0. The Morgan fingerprint density at radius 2 is 1.84 bits per heavy atom. The van der Waals surface area contributed by atoms with Gasteiger partial charge < -0.3 is 15.0 Å². The van der Waals surface area contributed by atoms with Crippen molar-refractivity contribution >= 4 is 5.91 Å². The molecule has 1 N–H and O–H groups in total. The molecule has 138 valence electrons. The average Bonchev–Trinajstić information content (AvgIpc) is 2.68. The molecule has 25 heavy (non-hydrogen) atoms. The summed E-state index contributed by atoms with van der Waals surface area (Å²) in [5.41, 5.74) is 1.15. The Morgan fingerprint density at radius 1 is 1.16 bits per heavy atom. The summed E-state index contributed by atoms with van der Waals surface area (Å²) in [4.78, 5) is 17.2. The van der Waals surface area contributed by atoms with Gasteiger partial charge in [0.1, 0.15) is 0 Å². The van der Waals surface area contributed by atoms with E-state index < -0.39 is 0 Å². The van der Waals surface area contributed by atoms with E-state index in [9.17, 15) is 4.79 Å². The summed E-state index contributed by atoms with van der Waals surface area (Å²) < 4.78 is 5.44. The smallest absolute Gasteiger partial charge is 0.221 e. The van der Waals surface area contributed by atoms with Crippen molar-refractivity contribution in [3.63, 3.8) is 0 Å². The maximum Gasteiger partial charge on any atom is 0.221 e. The van der Waals surface area contributed by atoms with Gasteiger partial charge in [0, 0.05) is 32.1 Å². The fourth-order valence-corrected chi connectivity index (χ4v) is 3.85. The van der Waals surface area contributed by atoms with Crippen molar-refractivity contribution in [2.45, 2.75) is 38.3 Å². The number of rotatable bonds is 6. The van der Waals surface area contributed by atoms with E-state index in [1.165, 1.54) is 12.8 Å². The number of benzene rings is 1. The van der Waals surface area contributed by atoms with Gasteiger partial charge in [0.25, 0.3) is 0 Å². The number of amides is 1. The second-order valence-corrected chi connectivity index (χ2v) is 7.17. The van der Waals surface area contributed by atoms with E-state index in [2.05, 4.69) is 27.2 Å². The van der Waals surface area contributed by atoms with Gasteiger partial charge in [-0.05, 0) is 38.4 Å². The molecular formula is C20H31N3O2. The van der Waals surface area contributed by atoms with Crippen molar-refractivity contribution < 1.29 is 9.53 Å². The van der Waals surface area contributed by atoms with Gasteiger partial charge in [0.15, 0.2) is 0 Å². The van der Waals surface area contributed by atoms with Crippen molar-refractivity contribution in [2.75, 3.05) is 45.9 Å². The van der Waals surface area contributed by atoms with Crippen LogP contribution in [0.2, 0.25) is 0 Å². The highest BCUT2D eigenvalue weighted by atomic mass is 16.5. The Hall–Kier alpha value is -1.43. The van der Waals surface area contributed by atoms with Gasteiger partial charge in [-0.15, -0.1) is 0 Å². The van der Waals surface area contributed by atoms with Crippen LogP contribution in [-0.2, 0) is 9.53 Å². The Kier molecular flexibility index (Phi) is 6.84. The summed E-state index contributed by atoms with van der Waals surface area (Å²) in [6.07, 6.45) is 3.00. The Bertz CT molecular complexity index is 523. The first-order chi connectivity index (χ1) is 12.2. The number of morpholine rings is 1. The molecule has 1 aromatic carbocycles. The molecule has 5 heteroatoms. The van der Waals surface area contributed by atoms with Crippen LogP contribution in [0.15, 0.2) is 30.3 Å². The molecule has 1 amide bonds. The third-order valence-corrected chi connectivity index (χ3v) is 5.45. The molecule has 3 rings (SSSR count). The van der Waals surface area contributed by atoms with E-state index in [-0.39, 0.29) is 11.9 Å². The summed E-state index contributed by atoms with van der Waals surface area (Å²) in [5, 5.41) is 3.11. The van der Waals surface area contributed by atoms with Gasteiger partial charge in [-0.3, -0.25) is 9.69 Å². The van der Waals surface area contributed by atoms with Crippen molar-refractivity contribution in [1.82, 2.24) is 15.1 Å². The number of nitrogens with one attached hydrogen (secondary N) is 1. The largest absolute Gasteiger partial charge is 0.379 e. The third kappa shape index (κ3) is 5.53. The van der Waals surface area contributed by atoms with Crippen LogP contribution in [0.3, 0.4) is 0 Å². The highest BCUT2D eigenvalue weighted by Crippen LogP contribution is 2.18. The molecule has 1 aromatic rings. The number of hydrogen-bond donors (Lipinski definition) is 1. The zero-order valence-electron chi connectivity index (χ0n) is 15.3. The summed E-state index contributed by atoms with van der Waals surface area (Å²) in [7, 11) is 0. The zero-order valence-corrected chi connectivity index (χ0v) is 15.3. The predicted molar refractivity (Wildman–Crippen MR) is 99.5 cm³/mol. The molecule has 0 spiro atoms. The van der Waals surface area contributed by atoms with Crippen LogP contribution in [0.1, 0.15) is 37.8 Å². The molecule has 0 aromatic heterocycles. The van der Waals surface area contributed by atoms with E-state index in [4.69, 9.17) is 4.74 Å². The molecular weight excluding hydrogens is 314 g/mol. The van der Waals surface area contributed by atoms with Gasteiger partial charge in [-0.25, -0.2) is 0 Å². The standard InChI is InChI=1S/C20H31N3O2/c1-17(18-5-3-2-4-6-18)21-20(24)9-12-22-10-7-19(8-11-22)23-13-15-25-16-14-23/h2-6,17,19H,7-16H2,1H3,(H,21,24)/t17-/m1/s1. The normalized spacial score (nSPS) is 21.8. The quantitative estimate of drug-likeness (QED) is 0.857. The summed E-state index contributed by atoms with van der Waals surface area (Å²) in [5.74, 6) is 0.145. The van der Waals surface area contributed by atoms with E-state index >= 15 is 0 Å². The number of carbonyl (C=O) groups excluding carboxylic acids is 1. The topological polar surface area (TPSA) is 44.8 Å². The molecule has 0 saturated carbocycles. The molecule has 2 saturated heterocycles.